The molecule has 0 saturated heterocycles. The van der Waals surface area contributed by atoms with Crippen molar-refractivity contribution >= 4 is 31.3 Å². The third-order valence-corrected chi connectivity index (χ3v) is 4.12. The van der Waals surface area contributed by atoms with Crippen molar-refractivity contribution < 1.29 is 9.47 Å². The molecule has 0 spiro atoms. The summed E-state index contributed by atoms with van der Waals surface area (Å²) in [5, 5.41) is 0. The van der Waals surface area contributed by atoms with Crippen molar-refractivity contribution in [2.75, 3.05) is 25.2 Å². The fourth-order valence-electron chi connectivity index (χ4n) is 0.712. The Morgan fingerprint density at radius 1 is 1.14 bits per heavy atom. The summed E-state index contributed by atoms with van der Waals surface area (Å²) in [5.74, 6) is 0.835. The molecule has 14 heavy (non-hydrogen) atoms. The first kappa shape index (κ1) is 14.7. The van der Waals surface area contributed by atoms with Crippen molar-refractivity contribution in [2.24, 2.45) is 0 Å². The minimum absolute atomic E-state index is 0.0924. The van der Waals surface area contributed by atoms with E-state index in [-0.39, 0.29) is 6.10 Å². The Morgan fingerprint density at radius 3 is 2.14 bits per heavy atom. The van der Waals surface area contributed by atoms with E-state index in [0.717, 1.165) is 12.7 Å². The van der Waals surface area contributed by atoms with Gasteiger partial charge in [-0.2, -0.15) is 0 Å². The van der Waals surface area contributed by atoms with Crippen LogP contribution in [0.25, 0.3) is 0 Å². The van der Waals surface area contributed by atoms with E-state index >= 15 is 0 Å². The van der Waals surface area contributed by atoms with Crippen LogP contribution in [0.5, 0.6) is 0 Å². The largest absolute Gasteiger partial charge is 0.356 e. The molecule has 0 aromatic heterocycles. The third-order valence-electron chi connectivity index (χ3n) is 1.73. The SMILES string of the molecule is C[Si](C)(C)CCOCOC(CCl)CCl. The second kappa shape index (κ2) is 7.94. The van der Waals surface area contributed by atoms with Gasteiger partial charge in [0.05, 0.1) is 6.10 Å². The van der Waals surface area contributed by atoms with Gasteiger partial charge in [0.25, 0.3) is 0 Å². The fourth-order valence-corrected chi connectivity index (χ4v) is 1.98. The predicted octanol–water partition coefficient (Wildman–Crippen LogP) is 3.16. The normalized spacial score (nSPS) is 12.4. The van der Waals surface area contributed by atoms with Gasteiger partial charge in [-0.25, -0.2) is 0 Å². The molecule has 0 fully saturated rings. The van der Waals surface area contributed by atoms with E-state index in [1.165, 1.54) is 0 Å². The van der Waals surface area contributed by atoms with Crippen molar-refractivity contribution in [3.8, 4) is 0 Å². The van der Waals surface area contributed by atoms with Gasteiger partial charge in [0, 0.05) is 26.4 Å². The van der Waals surface area contributed by atoms with Gasteiger partial charge in [-0.3, -0.25) is 0 Å². The second-order valence-corrected chi connectivity index (χ2v) is 10.7. The van der Waals surface area contributed by atoms with Crippen molar-refractivity contribution in [3.05, 3.63) is 0 Å². The first-order valence-electron chi connectivity index (χ1n) is 4.81. The molecule has 0 heterocycles. The summed E-state index contributed by atoms with van der Waals surface area (Å²) in [6.07, 6.45) is -0.0924. The number of rotatable bonds is 8. The first-order chi connectivity index (χ1) is 6.49. The minimum atomic E-state index is -0.984. The van der Waals surface area contributed by atoms with Gasteiger partial charge in [0.2, 0.25) is 0 Å². The van der Waals surface area contributed by atoms with Crippen LogP contribution in [0.2, 0.25) is 25.7 Å². The van der Waals surface area contributed by atoms with Crippen LogP contribution in [0.15, 0.2) is 0 Å². The molecule has 0 aliphatic carbocycles. The molecule has 2 nitrogen and oxygen atoms in total. The molecule has 0 amide bonds. The van der Waals surface area contributed by atoms with Crippen molar-refractivity contribution in [1.82, 2.24) is 0 Å². The second-order valence-electron chi connectivity index (χ2n) is 4.43. The zero-order valence-corrected chi connectivity index (χ0v) is 11.7. The van der Waals surface area contributed by atoms with E-state index in [2.05, 4.69) is 19.6 Å². The lowest BCUT2D eigenvalue weighted by Crippen LogP contribution is -2.23. The van der Waals surface area contributed by atoms with Gasteiger partial charge in [-0.05, 0) is 6.04 Å². The number of hydrogen-bond acceptors (Lipinski definition) is 2. The van der Waals surface area contributed by atoms with Crippen LogP contribution in [-0.2, 0) is 9.47 Å². The van der Waals surface area contributed by atoms with Gasteiger partial charge in [-0.1, -0.05) is 19.6 Å². The molecule has 5 heteroatoms. The van der Waals surface area contributed by atoms with Gasteiger partial charge < -0.3 is 9.47 Å². The van der Waals surface area contributed by atoms with Gasteiger partial charge in [0.1, 0.15) is 6.79 Å². The van der Waals surface area contributed by atoms with Gasteiger partial charge >= 0.3 is 0 Å². The van der Waals surface area contributed by atoms with Gasteiger partial charge in [0.15, 0.2) is 0 Å². The van der Waals surface area contributed by atoms with E-state index in [4.69, 9.17) is 32.7 Å². The van der Waals surface area contributed by atoms with Gasteiger partial charge in [-0.15, -0.1) is 23.2 Å². The highest BCUT2D eigenvalue weighted by molar-refractivity contribution is 6.76. The summed E-state index contributed by atoms with van der Waals surface area (Å²) in [6, 6.07) is 1.16. The summed E-state index contributed by atoms with van der Waals surface area (Å²) in [4.78, 5) is 0. The molecule has 0 radical (unpaired) electrons. The Morgan fingerprint density at radius 2 is 1.71 bits per heavy atom. The maximum absolute atomic E-state index is 5.59. The molecule has 0 atom stereocenters. The van der Waals surface area contributed by atoms with E-state index in [0.29, 0.717) is 18.6 Å². The molecule has 0 rings (SSSR count). The average Bonchev–Trinajstić information content (AvgIpc) is 2.09. The predicted molar refractivity (Wildman–Crippen MR) is 65.3 cm³/mol. The quantitative estimate of drug-likeness (QED) is 0.288. The number of ether oxygens (including phenoxy) is 2. The van der Waals surface area contributed by atoms with Crippen LogP contribution in [0, 0.1) is 0 Å². The Kier molecular flexibility index (Phi) is 8.34. The zero-order chi connectivity index (χ0) is 11.0. The summed E-state index contributed by atoms with van der Waals surface area (Å²) >= 11 is 11.2. The Labute approximate surface area is 97.9 Å². The smallest absolute Gasteiger partial charge is 0.147 e. The highest BCUT2D eigenvalue weighted by Gasteiger charge is 2.12. The highest BCUT2D eigenvalue weighted by Crippen LogP contribution is 2.07. The minimum Gasteiger partial charge on any atom is -0.356 e. The monoisotopic (exact) mass is 258 g/mol. The fraction of sp³-hybridized carbons (Fsp3) is 1.00. The van der Waals surface area contributed by atoms with Crippen molar-refractivity contribution in [3.63, 3.8) is 0 Å². The molecule has 0 N–H and O–H groups in total. The lowest BCUT2D eigenvalue weighted by Gasteiger charge is -2.16. The molecule has 0 aliphatic heterocycles. The lowest BCUT2D eigenvalue weighted by atomic mass is 10.5. The van der Waals surface area contributed by atoms with Crippen molar-refractivity contribution in [1.29, 1.82) is 0 Å². The lowest BCUT2D eigenvalue weighted by molar-refractivity contribution is -0.0726. The molecule has 0 aliphatic rings. The molecule has 86 valence electrons. The third kappa shape index (κ3) is 9.28. The highest BCUT2D eigenvalue weighted by atomic mass is 35.5. The van der Waals surface area contributed by atoms with E-state index < -0.39 is 8.07 Å². The van der Waals surface area contributed by atoms with E-state index in [1.54, 1.807) is 0 Å². The number of hydrogen-bond donors (Lipinski definition) is 0. The maximum atomic E-state index is 5.59. The molecular weight excluding hydrogens is 239 g/mol. The molecule has 0 bridgehead atoms. The molecule has 0 unspecified atom stereocenters. The van der Waals surface area contributed by atoms with Crippen LogP contribution in [0.4, 0.5) is 0 Å². The van der Waals surface area contributed by atoms with Crippen LogP contribution >= 0.6 is 23.2 Å². The summed E-state index contributed by atoms with van der Waals surface area (Å²) in [7, 11) is -0.984. The Bertz CT molecular complexity index is 135. The number of halogens is 2. The average molecular weight is 259 g/mol. The maximum Gasteiger partial charge on any atom is 0.147 e. The summed E-state index contributed by atoms with van der Waals surface area (Å²) < 4.78 is 10.6. The van der Waals surface area contributed by atoms with Crippen LogP contribution in [-0.4, -0.2) is 39.3 Å². The molecule has 0 saturated carbocycles. The standard InChI is InChI=1S/C9H20Cl2O2Si/c1-14(2,3)5-4-12-8-13-9(6-10)7-11/h9H,4-8H2,1-3H3. The molecular formula is C9H20Cl2O2Si. The van der Waals surface area contributed by atoms with Crippen LogP contribution in [0.3, 0.4) is 0 Å². The topological polar surface area (TPSA) is 18.5 Å². The van der Waals surface area contributed by atoms with Crippen LogP contribution in [0.1, 0.15) is 0 Å². The summed E-state index contributed by atoms with van der Waals surface area (Å²) in [6.45, 7) is 8.02. The van der Waals surface area contributed by atoms with E-state index in [9.17, 15) is 0 Å². The van der Waals surface area contributed by atoms with Crippen molar-refractivity contribution in [2.45, 2.75) is 31.8 Å². The zero-order valence-electron chi connectivity index (χ0n) is 9.19. The number of alkyl halides is 2. The summed E-state index contributed by atoms with van der Waals surface area (Å²) in [5.41, 5.74) is 0. The Balaban J connectivity index is 3.29. The van der Waals surface area contributed by atoms with Crippen LogP contribution < -0.4 is 0 Å². The Hall–Kier alpha value is 0.717. The molecule has 0 aromatic rings. The van der Waals surface area contributed by atoms with E-state index in [1.807, 2.05) is 0 Å². The first-order valence-corrected chi connectivity index (χ1v) is 9.58. The molecule has 0 aromatic carbocycles.